The second-order valence-corrected chi connectivity index (χ2v) is 3.48. The van der Waals surface area contributed by atoms with Gasteiger partial charge in [-0.15, -0.1) is 0 Å². The van der Waals surface area contributed by atoms with Gasteiger partial charge in [-0.05, 0) is 20.3 Å². The van der Waals surface area contributed by atoms with Crippen LogP contribution in [0.3, 0.4) is 0 Å². The highest BCUT2D eigenvalue weighted by atomic mass is 16.5. The fourth-order valence-corrected chi connectivity index (χ4v) is 1.22. The Kier molecular flexibility index (Phi) is 3.68. The Balaban J connectivity index is 2.42. The molecule has 0 aromatic carbocycles. The molecule has 1 aliphatic heterocycles. The van der Waals surface area contributed by atoms with Crippen molar-refractivity contribution in [3.05, 3.63) is 12.3 Å². The van der Waals surface area contributed by atoms with Crippen LogP contribution in [0.1, 0.15) is 26.7 Å². The number of esters is 1. The maximum atomic E-state index is 11.3. The summed E-state index contributed by atoms with van der Waals surface area (Å²) in [6.45, 7) is 3.59. The molecule has 0 unspecified atom stereocenters. The smallest absolute Gasteiger partial charge is 0.326 e. The van der Waals surface area contributed by atoms with Gasteiger partial charge < -0.3 is 9.64 Å². The van der Waals surface area contributed by atoms with Crippen molar-refractivity contribution in [2.45, 2.75) is 32.8 Å². The van der Waals surface area contributed by atoms with Gasteiger partial charge in [0.2, 0.25) is 5.91 Å². The molecule has 0 fully saturated rings. The molecule has 0 aromatic rings. The van der Waals surface area contributed by atoms with E-state index in [1.807, 2.05) is 6.08 Å². The minimum absolute atomic E-state index is 0.0202. The van der Waals surface area contributed by atoms with Gasteiger partial charge in [-0.25, -0.2) is 0 Å². The average molecular weight is 197 g/mol. The molecule has 4 heteroatoms. The van der Waals surface area contributed by atoms with E-state index < -0.39 is 0 Å². The summed E-state index contributed by atoms with van der Waals surface area (Å²) in [6.07, 6.45) is 4.63. The van der Waals surface area contributed by atoms with E-state index in [1.54, 1.807) is 20.0 Å². The number of carbonyl (C=O) groups is 2. The fourth-order valence-electron chi connectivity index (χ4n) is 1.22. The molecule has 0 aliphatic carbocycles. The predicted octanol–water partition coefficient (Wildman–Crippen LogP) is 1.07. The molecule has 0 saturated heterocycles. The number of rotatable bonds is 3. The van der Waals surface area contributed by atoms with Gasteiger partial charge >= 0.3 is 5.97 Å². The minimum Gasteiger partial charge on any atom is -0.462 e. The fraction of sp³-hybridized carbons (Fsp3) is 0.600. The van der Waals surface area contributed by atoms with E-state index in [1.165, 1.54) is 4.90 Å². The second-order valence-electron chi connectivity index (χ2n) is 3.48. The molecule has 4 nitrogen and oxygen atoms in total. The number of allylic oxidation sites excluding steroid dienone is 1. The van der Waals surface area contributed by atoms with Gasteiger partial charge in [0.15, 0.2) is 0 Å². The van der Waals surface area contributed by atoms with E-state index >= 15 is 0 Å². The monoisotopic (exact) mass is 197 g/mol. The molecule has 1 aliphatic rings. The maximum Gasteiger partial charge on any atom is 0.326 e. The van der Waals surface area contributed by atoms with Gasteiger partial charge in [-0.2, -0.15) is 0 Å². The lowest BCUT2D eigenvalue weighted by Gasteiger charge is -2.20. The molecular weight excluding hydrogens is 182 g/mol. The molecule has 14 heavy (non-hydrogen) atoms. The number of amides is 1. The van der Waals surface area contributed by atoms with Crippen molar-refractivity contribution in [2.75, 3.05) is 6.54 Å². The van der Waals surface area contributed by atoms with Crippen molar-refractivity contribution < 1.29 is 14.3 Å². The molecule has 0 saturated carbocycles. The first-order valence-corrected chi connectivity index (χ1v) is 4.75. The van der Waals surface area contributed by atoms with E-state index in [4.69, 9.17) is 4.74 Å². The maximum absolute atomic E-state index is 11.3. The number of hydrogen-bond donors (Lipinski definition) is 0. The van der Waals surface area contributed by atoms with Crippen molar-refractivity contribution in [1.82, 2.24) is 4.90 Å². The minimum atomic E-state index is -0.361. The highest BCUT2D eigenvalue weighted by Gasteiger charge is 2.18. The average Bonchev–Trinajstić information content (AvgIpc) is 2.07. The lowest BCUT2D eigenvalue weighted by molar-refractivity contribution is -0.151. The molecule has 1 rings (SSSR count). The SMILES string of the molecule is CC(C)OC(=O)CN1C=CCCC1=O. The molecule has 0 radical (unpaired) electrons. The van der Waals surface area contributed by atoms with Crippen molar-refractivity contribution in [3.8, 4) is 0 Å². The van der Waals surface area contributed by atoms with Gasteiger partial charge in [0.25, 0.3) is 0 Å². The number of hydrogen-bond acceptors (Lipinski definition) is 3. The Bertz CT molecular complexity index is 258. The van der Waals surface area contributed by atoms with Crippen LogP contribution in [0.2, 0.25) is 0 Å². The Labute approximate surface area is 83.5 Å². The molecule has 1 heterocycles. The summed E-state index contributed by atoms with van der Waals surface area (Å²) in [5.74, 6) is -0.381. The van der Waals surface area contributed by atoms with Crippen LogP contribution in [0.15, 0.2) is 12.3 Å². The van der Waals surface area contributed by atoms with Crippen molar-refractivity contribution in [3.63, 3.8) is 0 Å². The van der Waals surface area contributed by atoms with Crippen LogP contribution in [-0.4, -0.2) is 29.4 Å². The summed E-state index contributed by atoms with van der Waals surface area (Å²) >= 11 is 0. The molecule has 0 bridgehead atoms. The number of nitrogens with zero attached hydrogens (tertiary/aromatic N) is 1. The summed E-state index contributed by atoms with van der Waals surface area (Å²) in [5.41, 5.74) is 0. The van der Waals surface area contributed by atoms with Gasteiger partial charge in [-0.3, -0.25) is 9.59 Å². The summed E-state index contributed by atoms with van der Waals surface area (Å²) < 4.78 is 4.93. The van der Waals surface area contributed by atoms with Crippen LogP contribution < -0.4 is 0 Å². The highest BCUT2D eigenvalue weighted by Crippen LogP contribution is 2.07. The Morgan fingerprint density at radius 1 is 1.64 bits per heavy atom. The number of ether oxygens (including phenoxy) is 1. The second kappa shape index (κ2) is 4.79. The lowest BCUT2D eigenvalue weighted by Crippen LogP contribution is -2.34. The molecule has 0 N–H and O–H groups in total. The van der Waals surface area contributed by atoms with E-state index in [0.29, 0.717) is 6.42 Å². The van der Waals surface area contributed by atoms with Crippen molar-refractivity contribution >= 4 is 11.9 Å². The van der Waals surface area contributed by atoms with Crippen LogP contribution in [-0.2, 0) is 14.3 Å². The van der Waals surface area contributed by atoms with Crippen LogP contribution >= 0.6 is 0 Å². The summed E-state index contributed by atoms with van der Waals surface area (Å²) in [6, 6.07) is 0. The largest absolute Gasteiger partial charge is 0.462 e. The first-order chi connectivity index (χ1) is 6.59. The normalized spacial score (nSPS) is 16.2. The zero-order valence-corrected chi connectivity index (χ0v) is 8.53. The third kappa shape index (κ3) is 3.20. The molecule has 0 atom stereocenters. The van der Waals surface area contributed by atoms with Crippen molar-refractivity contribution in [2.24, 2.45) is 0 Å². The van der Waals surface area contributed by atoms with Crippen LogP contribution in [0, 0.1) is 0 Å². The predicted molar refractivity (Wildman–Crippen MR) is 51.3 cm³/mol. The highest BCUT2D eigenvalue weighted by molar-refractivity contribution is 5.83. The van der Waals surface area contributed by atoms with Crippen LogP contribution in [0.5, 0.6) is 0 Å². The zero-order valence-electron chi connectivity index (χ0n) is 8.53. The third-order valence-corrected chi connectivity index (χ3v) is 1.80. The summed E-state index contributed by atoms with van der Waals surface area (Å²) in [7, 11) is 0. The van der Waals surface area contributed by atoms with Gasteiger partial charge in [0, 0.05) is 12.6 Å². The first kappa shape index (κ1) is 10.8. The molecule has 1 amide bonds. The van der Waals surface area contributed by atoms with E-state index in [9.17, 15) is 9.59 Å². The molecular formula is C10H15NO3. The first-order valence-electron chi connectivity index (χ1n) is 4.75. The van der Waals surface area contributed by atoms with E-state index in [0.717, 1.165) is 6.42 Å². The molecule has 78 valence electrons. The zero-order chi connectivity index (χ0) is 10.6. The van der Waals surface area contributed by atoms with Gasteiger partial charge in [0.1, 0.15) is 6.54 Å². The Morgan fingerprint density at radius 2 is 2.36 bits per heavy atom. The molecule has 0 spiro atoms. The Morgan fingerprint density at radius 3 is 2.93 bits per heavy atom. The summed E-state index contributed by atoms with van der Waals surface area (Å²) in [5, 5.41) is 0. The topological polar surface area (TPSA) is 46.6 Å². The molecule has 0 aromatic heterocycles. The van der Waals surface area contributed by atoms with Gasteiger partial charge in [-0.1, -0.05) is 6.08 Å². The third-order valence-electron chi connectivity index (χ3n) is 1.80. The lowest BCUT2D eigenvalue weighted by atomic mass is 10.2. The van der Waals surface area contributed by atoms with Crippen LogP contribution in [0.25, 0.3) is 0 Å². The Hall–Kier alpha value is -1.32. The van der Waals surface area contributed by atoms with Crippen LogP contribution in [0.4, 0.5) is 0 Å². The van der Waals surface area contributed by atoms with E-state index in [2.05, 4.69) is 0 Å². The van der Waals surface area contributed by atoms with Crippen molar-refractivity contribution in [1.29, 1.82) is 0 Å². The quantitative estimate of drug-likeness (QED) is 0.636. The number of carbonyl (C=O) groups excluding carboxylic acids is 2. The standard InChI is InChI=1S/C10H15NO3/c1-8(2)14-10(13)7-11-6-4-3-5-9(11)12/h4,6,8H,3,5,7H2,1-2H3. The van der Waals surface area contributed by atoms with E-state index in [-0.39, 0.29) is 24.5 Å². The van der Waals surface area contributed by atoms with Gasteiger partial charge in [0.05, 0.1) is 6.10 Å². The summed E-state index contributed by atoms with van der Waals surface area (Å²) in [4.78, 5) is 23.9.